The van der Waals surface area contributed by atoms with E-state index >= 15 is 0 Å². The van der Waals surface area contributed by atoms with Gasteiger partial charge in [-0.2, -0.15) is 5.10 Å². The number of carboxylic acids is 1. The van der Waals surface area contributed by atoms with Crippen LogP contribution in [-0.2, 0) is 6.54 Å². The second kappa shape index (κ2) is 4.69. The normalized spacial score (nSPS) is 10.2. The van der Waals surface area contributed by atoms with Gasteiger partial charge < -0.3 is 9.84 Å². The second-order valence-electron chi connectivity index (χ2n) is 3.58. The van der Waals surface area contributed by atoms with Gasteiger partial charge in [-0.25, -0.2) is 4.79 Å². The van der Waals surface area contributed by atoms with Gasteiger partial charge in [0.15, 0.2) is 0 Å². The molecular formula is C12H12N2O3. The monoisotopic (exact) mass is 232 g/mol. The third kappa shape index (κ3) is 2.63. The third-order valence-corrected chi connectivity index (χ3v) is 2.38. The second-order valence-corrected chi connectivity index (χ2v) is 3.58. The van der Waals surface area contributed by atoms with Crippen molar-refractivity contribution in [3.05, 3.63) is 47.8 Å². The van der Waals surface area contributed by atoms with Gasteiger partial charge in [0, 0.05) is 6.20 Å². The molecule has 0 aliphatic rings. The highest BCUT2D eigenvalue weighted by Gasteiger charge is 2.05. The largest absolute Gasteiger partial charge is 0.497 e. The van der Waals surface area contributed by atoms with E-state index in [1.165, 1.54) is 12.4 Å². The number of rotatable bonds is 4. The molecule has 1 aromatic heterocycles. The molecule has 0 spiro atoms. The molecule has 0 unspecified atom stereocenters. The summed E-state index contributed by atoms with van der Waals surface area (Å²) < 4.78 is 6.64. The minimum absolute atomic E-state index is 0.193. The maximum Gasteiger partial charge on any atom is 0.338 e. The minimum Gasteiger partial charge on any atom is -0.497 e. The van der Waals surface area contributed by atoms with Gasteiger partial charge in [-0.05, 0) is 17.7 Å². The summed E-state index contributed by atoms with van der Waals surface area (Å²) in [6.45, 7) is 0.539. The highest BCUT2D eigenvalue weighted by molar-refractivity contribution is 5.86. The first kappa shape index (κ1) is 11.2. The summed E-state index contributed by atoms with van der Waals surface area (Å²) in [5.41, 5.74) is 1.23. The Morgan fingerprint density at radius 3 is 2.65 bits per heavy atom. The summed E-state index contributed by atoms with van der Waals surface area (Å²) in [7, 11) is 1.61. The fourth-order valence-corrected chi connectivity index (χ4v) is 1.48. The van der Waals surface area contributed by atoms with Gasteiger partial charge in [0.1, 0.15) is 5.75 Å². The summed E-state index contributed by atoms with van der Waals surface area (Å²) >= 11 is 0. The van der Waals surface area contributed by atoms with E-state index in [1.807, 2.05) is 24.3 Å². The molecule has 0 bridgehead atoms. The van der Waals surface area contributed by atoms with Crippen LogP contribution < -0.4 is 4.74 Å². The van der Waals surface area contributed by atoms with Gasteiger partial charge >= 0.3 is 5.97 Å². The Hall–Kier alpha value is -2.30. The Balaban J connectivity index is 2.11. The van der Waals surface area contributed by atoms with E-state index in [9.17, 15) is 4.79 Å². The predicted octanol–water partition coefficient (Wildman–Crippen LogP) is 1.64. The van der Waals surface area contributed by atoms with Crippen LogP contribution in [0.2, 0.25) is 0 Å². The molecule has 0 aliphatic carbocycles. The van der Waals surface area contributed by atoms with E-state index < -0.39 is 5.97 Å². The number of benzene rings is 1. The zero-order valence-electron chi connectivity index (χ0n) is 9.33. The zero-order valence-corrected chi connectivity index (χ0v) is 9.33. The van der Waals surface area contributed by atoms with Gasteiger partial charge in [-0.15, -0.1) is 0 Å². The number of aromatic carboxylic acids is 1. The van der Waals surface area contributed by atoms with Crippen LogP contribution in [-0.4, -0.2) is 28.0 Å². The van der Waals surface area contributed by atoms with Gasteiger partial charge in [-0.3, -0.25) is 4.68 Å². The molecule has 0 saturated heterocycles. The lowest BCUT2D eigenvalue weighted by atomic mass is 10.2. The standard InChI is InChI=1S/C12H12N2O3/c1-17-11-4-2-9(3-5-11)7-14-8-10(6-13-14)12(15)16/h2-6,8H,7H2,1H3,(H,15,16). The fourth-order valence-electron chi connectivity index (χ4n) is 1.48. The molecule has 0 atom stereocenters. The van der Waals surface area contributed by atoms with Crippen LogP contribution in [0.15, 0.2) is 36.7 Å². The van der Waals surface area contributed by atoms with Crippen molar-refractivity contribution >= 4 is 5.97 Å². The number of ether oxygens (including phenoxy) is 1. The lowest BCUT2D eigenvalue weighted by Gasteiger charge is -2.03. The number of hydrogen-bond acceptors (Lipinski definition) is 3. The molecule has 1 heterocycles. The van der Waals surface area contributed by atoms with Crippen molar-refractivity contribution < 1.29 is 14.6 Å². The van der Waals surface area contributed by atoms with Crippen LogP contribution in [0.25, 0.3) is 0 Å². The van der Waals surface area contributed by atoms with Gasteiger partial charge in [0.25, 0.3) is 0 Å². The molecule has 0 fully saturated rings. The number of methoxy groups -OCH3 is 1. The summed E-state index contributed by atoms with van der Waals surface area (Å²) in [6.07, 6.45) is 2.85. The molecule has 1 aromatic carbocycles. The topological polar surface area (TPSA) is 64.3 Å². The van der Waals surface area contributed by atoms with E-state index in [0.29, 0.717) is 6.54 Å². The van der Waals surface area contributed by atoms with Gasteiger partial charge in [0.05, 0.1) is 25.4 Å². The van der Waals surface area contributed by atoms with Crippen molar-refractivity contribution in [3.8, 4) is 5.75 Å². The summed E-state index contributed by atoms with van der Waals surface area (Å²) in [5, 5.41) is 12.7. The van der Waals surface area contributed by atoms with Crippen LogP contribution in [0.4, 0.5) is 0 Å². The molecule has 0 amide bonds. The van der Waals surface area contributed by atoms with Crippen LogP contribution >= 0.6 is 0 Å². The number of aromatic nitrogens is 2. The molecular weight excluding hydrogens is 220 g/mol. The first-order valence-electron chi connectivity index (χ1n) is 5.07. The molecule has 0 radical (unpaired) electrons. The summed E-state index contributed by atoms with van der Waals surface area (Å²) in [4.78, 5) is 10.7. The quantitative estimate of drug-likeness (QED) is 0.870. The summed E-state index contributed by atoms with van der Waals surface area (Å²) in [6, 6.07) is 7.55. The number of carboxylic acid groups (broad SMARTS) is 1. The summed E-state index contributed by atoms with van der Waals surface area (Å²) in [5.74, 6) is -0.175. The van der Waals surface area contributed by atoms with Crippen LogP contribution in [0, 0.1) is 0 Å². The van der Waals surface area contributed by atoms with Crippen LogP contribution in [0.5, 0.6) is 5.75 Å². The fraction of sp³-hybridized carbons (Fsp3) is 0.167. The molecule has 5 nitrogen and oxygen atoms in total. The van der Waals surface area contributed by atoms with Crippen molar-refractivity contribution in [2.45, 2.75) is 6.54 Å². The van der Waals surface area contributed by atoms with E-state index in [0.717, 1.165) is 11.3 Å². The Morgan fingerprint density at radius 2 is 2.12 bits per heavy atom. The van der Waals surface area contributed by atoms with Gasteiger partial charge in [0.2, 0.25) is 0 Å². The Kier molecular flexibility index (Phi) is 3.09. The molecule has 17 heavy (non-hydrogen) atoms. The molecule has 0 saturated carbocycles. The smallest absolute Gasteiger partial charge is 0.338 e. The van der Waals surface area contributed by atoms with Crippen molar-refractivity contribution in [2.24, 2.45) is 0 Å². The maximum atomic E-state index is 10.7. The average molecular weight is 232 g/mol. The number of nitrogens with zero attached hydrogens (tertiary/aromatic N) is 2. The number of hydrogen-bond donors (Lipinski definition) is 1. The van der Waals surface area contributed by atoms with Crippen molar-refractivity contribution in [3.63, 3.8) is 0 Å². The van der Waals surface area contributed by atoms with E-state index in [-0.39, 0.29) is 5.56 Å². The maximum absolute atomic E-state index is 10.7. The zero-order chi connectivity index (χ0) is 12.3. The lowest BCUT2D eigenvalue weighted by molar-refractivity contribution is 0.0697. The molecule has 2 aromatic rings. The predicted molar refractivity (Wildman–Crippen MR) is 61.3 cm³/mol. The Bertz CT molecular complexity index is 517. The van der Waals surface area contributed by atoms with E-state index in [1.54, 1.807) is 11.8 Å². The SMILES string of the molecule is COc1ccc(Cn2cc(C(=O)O)cn2)cc1. The Morgan fingerprint density at radius 1 is 1.41 bits per heavy atom. The van der Waals surface area contributed by atoms with Gasteiger partial charge in [-0.1, -0.05) is 12.1 Å². The van der Waals surface area contributed by atoms with Crippen LogP contribution in [0.3, 0.4) is 0 Å². The first-order valence-corrected chi connectivity index (χ1v) is 5.07. The highest BCUT2D eigenvalue weighted by atomic mass is 16.5. The molecule has 0 aliphatic heterocycles. The van der Waals surface area contributed by atoms with Crippen LogP contribution in [0.1, 0.15) is 15.9 Å². The minimum atomic E-state index is -0.967. The molecule has 88 valence electrons. The third-order valence-electron chi connectivity index (χ3n) is 2.38. The molecule has 2 rings (SSSR count). The van der Waals surface area contributed by atoms with E-state index in [4.69, 9.17) is 9.84 Å². The van der Waals surface area contributed by atoms with E-state index in [2.05, 4.69) is 5.10 Å². The molecule has 5 heteroatoms. The van der Waals surface area contributed by atoms with Crippen molar-refractivity contribution in [1.29, 1.82) is 0 Å². The first-order chi connectivity index (χ1) is 8.19. The Labute approximate surface area is 98.3 Å². The highest BCUT2D eigenvalue weighted by Crippen LogP contribution is 2.12. The average Bonchev–Trinajstić information content (AvgIpc) is 2.79. The number of carbonyl (C=O) groups is 1. The van der Waals surface area contributed by atoms with Crippen molar-refractivity contribution in [1.82, 2.24) is 9.78 Å². The van der Waals surface area contributed by atoms with Crippen molar-refractivity contribution in [2.75, 3.05) is 7.11 Å². The lowest BCUT2D eigenvalue weighted by Crippen LogP contribution is -2.00. The molecule has 1 N–H and O–H groups in total.